The van der Waals surface area contributed by atoms with Crippen molar-refractivity contribution in [3.05, 3.63) is 100 Å². The zero-order valence-electron chi connectivity index (χ0n) is 17.6. The molecule has 1 heterocycles. The number of pyridine rings is 1. The van der Waals surface area contributed by atoms with Crippen LogP contribution in [0.3, 0.4) is 0 Å². The Hall–Kier alpha value is -3.99. The van der Waals surface area contributed by atoms with Crippen molar-refractivity contribution in [3.63, 3.8) is 0 Å². The maximum Gasteiger partial charge on any atom is 0.328 e. The maximum atomic E-state index is 10.8. The van der Waals surface area contributed by atoms with Crippen LogP contribution in [-0.2, 0) is 4.79 Å². The van der Waals surface area contributed by atoms with Crippen LogP contribution in [-0.4, -0.2) is 22.3 Å². The lowest BCUT2D eigenvalue weighted by atomic mass is 9.86. The summed E-state index contributed by atoms with van der Waals surface area (Å²) >= 11 is 0. The van der Waals surface area contributed by atoms with Gasteiger partial charge in [-0.1, -0.05) is 37.3 Å². The highest BCUT2D eigenvalue weighted by molar-refractivity contribution is 6.00. The van der Waals surface area contributed by atoms with Gasteiger partial charge in [0.2, 0.25) is 0 Å². The van der Waals surface area contributed by atoms with E-state index in [1.165, 1.54) is 6.21 Å². The van der Waals surface area contributed by atoms with E-state index < -0.39 is 5.97 Å². The van der Waals surface area contributed by atoms with Crippen LogP contribution in [0.2, 0.25) is 0 Å². The third-order valence-corrected chi connectivity index (χ3v) is 5.17. The minimum absolute atomic E-state index is 0.558. The van der Waals surface area contributed by atoms with Gasteiger partial charge in [0.15, 0.2) is 0 Å². The quantitative estimate of drug-likeness (QED) is 0.274. The standard InChI is InChI=1S/C26H25N3O2/c1-3-22(23-16-29-13-12-17(23)2)26(20-9-10-24(28)21(14-20)15-27)19-7-4-18(5-8-19)6-11-25(30)31/h4-16,27H,3,28H2,1-2H3,(H,30,31)/b11-6+,26-22+,27-15?. The van der Waals surface area contributed by atoms with Gasteiger partial charge >= 0.3 is 5.97 Å². The third kappa shape index (κ3) is 4.95. The van der Waals surface area contributed by atoms with Gasteiger partial charge in [-0.05, 0) is 76.6 Å². The summed E-state index contributed by atoms with van der Waals surface area (Å²) in [6.45, 7) is 4.18. The molecule has 0 spiro atoms. The van der Waals surface area contributed by atoms with Crippen LogP contribution in [0, 0.1) is 12.3 Å². The van der Waals surface area contributed by atoms with Crippen molar-refractivity contribution in [1.29, 1.82) is 5.41 Å². The average molecular weight is 412 g/mol. The Morgan fingerprint density at radius 1 is 1.13 bits per heavy atom. The molecule has 0 aliphatic carbocycles. The van der Waals surface area contributed by atoms with Crippen molar-refractivity contribution in [3.8, 4) is 0 Å². The van der Waals surface area contributed by atoms with Crippen molar-refractivity contribution < 1.29 is 9.90 Å². The first-order valence-electron chi connectivity index (χ1n) is 10.0. The second-order valence-corrected chi connectivity index (χ2v) is 7.18. The van der Waals surface area contributed by atoms with Gasteiger partial charge < -0.3 is 16.2 Å². The monoisotopic (exact) mass is 411 g/mol. The van der Waals surface area contributed by atoms with E-state index in [1.807, 2.05) is 54.7 Å². The van der Waals surface area contributed by atoms with E-state index in [9.17, 15) is 4.79 Å². The number of nitrogens with one attached hydrogen (secondary N) is 1. The Kier molecular flexibility index (Phi) is 6.78. The van der Waals surface area contributed by atoms with Crippen LogP contribution in [0.25, 0.3) is 17.2 Å². The Morgan fingerprint density at radius 3 is 2.45 bits per heavy atom. The fourth-order valence-corrected chi connectivity index (χ4v) is 3.58. The first-order valence-corrected chi connectivity index (χ1v) is 10.0. The second-order valence-electron chi connectivity index (χ2n) is 7.18. The summed E-state index contributed by atoms with van der Waals surface area (Å²) in [5.74, 6) is -0.981. The molecule has 3 rings (SSSR count). The molecule has 2 aromatic carbocycles. The van der Waals surface area contributed by atoms with Gasteiger partial charge in [0.25, 0.3) is 0 Å². The molecule has 0 saturated carbocycles. The van der Waals surface area contributed by atoms with E-state index in [4.69, 9.17) is 16.2 Å². The molecule has 0 aliphatic heterocycles. The summed E-state index contributed by atoms with van der Waals surface area (Å²) in [5, 5.41) is 16.6. The van der Waals surface area contributed by atoms with Gasteiger partial charge in [-0.3, -0.25) is 4.98 Å². The molecule has 3 aromatic rings. The summed E-state index contributed by atoms with van der Waals surface area (Å²) in [6.07, 6.45) is 8.40. The molecule has 156 valence electrons. The lowest BCUT2D eigenvalue weighted by molar-refractivity contribution is -0.131. The number of benzene rings is 2. The first-order chi connectivity index (χ1) is 14.9. The highest BCUT2D eigenvalue weighted by Gasteiger charge is 2.15. The average Bonchev–Trinajstić information content (AvgIpc) is 2.78. The maximum absolute atomic E-state index is 10.8. The fraction of sp³-hybridized carbons (Fsp3) is 0.115. The molecule has 0 bridgehead atoms. The summed E-state index contributed by atoms with van der Waals surface area (Å²) < 4.78 is 0. The van der Waals surface area contributed by atoms with Crippen LogP contribution in [0.4, 0.5) is 5.69 Å². The number of hydrogen-bond donors (Lipinski definition) is 3. The minimum Gasteiger partial charge on any atom is -0.478 e. The predicted octanol–water partition coefficient (Wildman–Crippen LogP) is 5.44. The van der Waals surface area contributed by atoms with E-state index in [2.05, 4.69) is 18.8 Å². The molecule has 5 heteroatoms. The first kappa shape index (κ1) is 21.7. The number of hydrogen-bond acceptors (Lipinski definition) is 4. The van der Waals surface area contributed by atoms with Crippen molar-refractivity contribution in [2.75, 3.05) is 5.73 Å². The summed E-state index contributed by atoms with van der Waals surface area (Å²) in [6, 6.07) is 15.5. The van der Waals surface area contributed by atoms with Gasteiger partial charge in [0.05, 0.1) is 0 Å². The van der Waals surface area contributed by atoms with Gasteiger partial charge in [-0.25, -0.2) is 4.79 Å². The number of allylic oxidation sites excluding steroid dienone is 1. The molecule has 4 N–H and O–H groups in total. The lowest BCUT2D eigenvalue weighted by Crippen LogP contribution is -2.00. The number of carboxylic acid groups (broad SMARTS) is 1. The second kappa shape index (κ2) is 9.67. The van der Waals surface area contributed by atoms with E-state index in [-0.39, 0.29) is 0 Å². The molecule has 0 atom stereocenters. The number of nitrogens with zero attached hydrogens (tertiary/aromatic N) is 1. The number of nitrogen functional groups attached to an aromatic ring is 1. The van der Waals surface area contributed by atoms with Crippen molar-refractivity contribution in [2.45, 2.75) is 20.3 Å². The highest BCUT2D eigenvalue weighted by atomic mass is 16.4. The van der Waals surface area contributed by atoms with E-state index in [0.29, 0.717) is 11.3 Å². The molecule has 0 aliphatic rings. The van der Waals surface area contributed by atoms with Gasteiger partial charge in [0.1, 0.15) is 0 Å². The van der Waals surface area contributed by atoms with Gasteiger partial charge in [-0.2, -0.15) is 0 Å². The largest absolute Gasteiger partial charge is 0.478 e. The molecule has 0 radical (unpaired) electrons. The van der Waals surface area contributed by atoms with Crippen molar-refractivity contribution in [2.24, 2.45) is 0 Å². The Balaban J connectivity index is 2.25. The Morgan fingerprint density at radius 2 is 1.84 bits per heavy atom. The number of carbonyl (C=O) groups is 1. The number of rotatable bonds is 7. The lowest BCUT2D eigenvalue weighted by Gasteiger charge is -2.18. The molecule has 0 amide bonds. The van der Waals surface area contributed by atoms with Crippen molar-refractivity contribution in [1.82, 2.24) is 4.98 Å². The number of nitrogens with two attached hydrogens (primary N) is 1. The van der Waals surface area contributed by atoms with Crippen LogP contribution in [0.5, 0.6) is 0 Å². The number of carboxylic acids is 1. The zero-order valence-corrected chi connectivity index (χ0v) is 17.6. The number of aromatic nitrogens is 1. The van der Waals surface area contributed by atoms with Gasteiger partial charge in [0, 0.05) is 35.9 Å². The van der Waals surface area contributed by atoms with E-state index in [0.717, 1.165) is 51.5 Å². The van der Waals surface area contributed by atoms with E-state index >= 15 is 0 Å². The molecule has 0 unspecified atom stereocenters. The minimum atomic E-state index is -0.981. The molecular formula is C26H25N3O2. The fourth-order valence-electron chi connectivity index (χ4n) is 3.58. The Labute approximate surface area is 182 Å². The molecular weight excluding hydrogens is 386 g/mol. The third-order valence-electron chi connectivity index (χ3n) is 5.17. The number of aryl methyl sites for hydroxylation is 1. The predicted molar refractivity (Wildman–Crippen MR) is 127 cm³/mol. The van der Waals surface area contributed by atoms with Crippen molar-refractivity contribution >= 4 is 35.1 Å². The highest BCUT2D eigenvalue weighted by Crippen LogP contribution is 2.36. The van der Waals surface area contributed by atoms with E-state index in [1.54, 1.807) is 12.3 Å². The normalized spacial score (nSPS) is 11.9. The summed E-state index contributed by atoms with van der Waals surface area (Å²) in [5.41, 5.74) is 14.4. The molecule has 0 fully saturated rings. The number of anilines is 1. The van der Waals surface area contributed by atoms with Crippen LogP contribution < -0.4 is 5.73 Å². The molecule has 0 saturated heterocycles. The SMILES string of the molecule is CC/C(=C(/c1ccc(/C=C/C(=O)O)cc1)c1ccc(N)c(C=N)c1)c1cnccc1C. The topological polar surface area (TPSA) is 100 Å². The molecule has 1 aromatic heterocycles. The smallest absolute Gasteiger partial charge is 0.328 e. The van der Waals surface area contributed by atoms with Crippen LogP contribution in [0.1, 0.15) is 46.7 Å². The molecule has 31 heavy (non-hydrogen) atoms. The number of aliphatic carboxylic acids is 1. The summed E-state index contributed by atoms with van der Waals surface area (Å²) in [7, 11) is 0. The molecule has 5 nitrogen and oxygen atoms in total. The summed E-state index contributed by atoms with van der Waals surface area (Å²) in [4.78, 5) is 15.1. The van der Waals surface area contributed by atoms with Crippen LogP contribution in [0.15, 0.2) is 67.0 Å². The van der Waals surface area contributed by atoms with Gasteiger partial charge in [-0.15, -0.1) is 0 Å². The Bertz CT molecular complexity index is 1180. The zero-order chi connectivity index (χ0) is 22.4. The van der Waals surface area contributed by atoms with Crippen LogP contribution >= 0.6 is 0 Å².